The van der Waals surface area contributed by atoms with Gasteiger partial charge in [-0.25, -0.2) is 0 Å². The molecule has 0 radical (unpaired) electrons. The monoisotopic (exact) mass is 1830 g/mol. The maximum atomic E-state index is 15.8. The number of hydrogen-bond donors (Lipinski definition) is 18. The molecule has 3 fully saturated rings. The maximum absolute atomic E-state index is 15.8. The number of carboxylic acids is 2. The summed E-state index contributed by atoms with van der Waals surface area (Å²) >= 11 is 0.711. The first-order valence-electron chi connectivity index (χ1n) is 43.4. The molecule has 22 N–H and O–H groups in total. The number of thioether (sulfide) groups is 1. The van der Waals surface area contributed by atoms with Crippen LogP contribution in [0, 0.1) is 5.92 Å². The number of primary amides is 2. The highest BCUT2D eigenvalue weighted by molar-refractivity contribution is 8.00. The molecule has 0 aliphatic carbocycles. The van der Waals surface area contributed by atoms with Gasteiger partial charge in [0, 0.05) is 106 Å². The number of fused-ring (bicyclic) bond motifs is 4. The van der Waals surface area contributed by atoms with Crippen molar-refractivity contribution >= 4 is 140 Å². The van der Waals surface area contributed by atoms with Crippen LogP contribution in [0.4, 0.5) is 0 Å². The number of aliphatic carboxylic acids is 2. The fraction of sp³-hybridized carbons (Fsp3) is 0.540. The van der Waals surface area contributed by atoms with Crippen LogP contribution in [-0.2, 0) is 112 Å². The van der Waals surface area contributed by atoms with Crippen molar-refractivity contribution in [2.45, 2.75) is 235 Å². The first-order valence-corrected chi connectivity index (χ1v) is 44.5. The van der Waals surface area contributed by atoms with Gasteiger partial charge in [-0.1, -0.05) is 102 Å². The average Bonchev–Trinajstić information content (AvgIpc) is 1.40. The number of aromatic hydroxyl groups is 1. The van der Waals surface area contributed by atoms with E-state index in [9.17, 15) is 78.0 Å². The molecule has 3 aliphatic rings. The van der Waals surface area contributed by atoms with E-state index < -0.39 is 254 Å². The number of nitrogens with zero attached hydrogens (tertiary/aromatic N) is 6. The van der Waals surface area contributed by atoms with Crippen molar-refractivity contribution in [2.24, 2.45) is 28.9 Å². The smallest absolute Gasteiger partial charge is 0.323 e. The summed E-state index contributed by atoms with van der Waals surface area (Å²) in [5, 5.41) is 66.2. The van der Waals surface area contributed by atoms with E-state index in [1.165, 1.54) is 63.1 Å². The van der Waals surface area contributed by atoms with Crippen LogP contribution in [0.15, 0.2) is 85.2 Å². The van der Waals surface area contributed by atoms with Gasteiger partial charge in [-0.05, 0) is 98.9 Å². The van der Waals surface area contributed by atoms with E-state index in [-0.39, 0.29) is 89.0 Å². The summed E-state index contributed by atoms with van der Waals surface area (Å²) in [7, 11) is 3.74. The number of nitrogens with one attached hydrogen (secondary N) is 10. The Morgan fingerprint density at radius 1 is 0.538 bits per heavy atom. The molecule has 15 atom stereocenters. The normalized spacial score (nSPS) is 25.3. The van der Waals surface area contributed by atoms with Crippen molar-refractivity contribution < 1.29 is 107 Å². The molecule has 0 unspecified atom stereocenters. The summed E-state index contributed by atoms with van der Waals surface area (Å²) in [6, 6.07) is -3.31. The lowest BCUT2D eigenvalue weighted by atomic mass is 9.99. The van der Waals surface area contributed by atoms with Crippen molar-refractivity contribution in [1.29, 1.82) is 0 Å². The van der Waals surface area contributed by atoms with Gasteiger partial charge in [-0.15, -0.1) is 11.8 Å². The number of carboxylic acid groups (broad SMARTS) is 2. The van der Waals surface area contributed by atoms with Crippen molar-refractivity contribution in [1.82, 2.24) is 81.9 Å². The van der Waals surface area contributed by atoms with Crippen molar-refractivity contribution in [3.8, 4) is 5.75 Å². The highest BCUT2D eigenvalue weighted by Gasteiger charge is 2.47. The fourth-order valence-corrected chi connectivity index (χ4v) is 17.1. The van der Waals surface area contributed by atoms with E-state index >= 15 is 28.8 Å². The van der Waals surface area contributed by atoms with Crippen LogP contribution >= 0.6 is 11.8 Å². The zero-order valence-electron chi connectivity index (χ0n) is 74.1. The lowest BCUT2D eigenvalue weighted by Gasteiger charge is -2.36. The van der Waals surface area contributed by atoms with E-state index in [0.29, 0.717) is 63.1 Å². The van der Waals surface area contributed by atoms with Gasteiger partial charge in [0.25, 0.3) is 0 Å². The van der Waals surface area contributed by atoms with Crippen LogP contribution in [0.2, 0.25) is 0 Å². The number of likely N-dealkylation sites (N-methyl/N-ethyl adjacent to an activating group) is 3. The third-order valence-corrected chi connectivity index (χ3v) is 24.4. The Hall–Kier alpha value is -12.8. The Labute approximate surface area is 755 Å². The fourth-order valence-electron chi connectivity index (χ4n) is 16.2. The molecule has 5 aromatic rings. The number of aromatic nitrogens is 2. The molecule has 8 rings (SSSR count). The minimum Gasteiger partial charge on any atom is -0.508 e. The molecule has 708 valence electrons. The second kappa shape index (κ2) is 48.0. The van der Waals surface area contributed by atoms with E-state index in [0.717, 1.165) is 24.5 Å². The van der Waals surface area contributed by atoms with Gasteiger partial charge in [-0.3, -0.25) is 86.3 Å². The highest BCUT2D eigenvalue weighted by atomic mass is 32.2. The molecule has 42 nitrogen and oxygen atoms in total. The number of aromatic amines is 1. The van der Waals surface area contributed by atoms with Gasteiger partial charge in [0.05, 0.1) is 24.7 Å². The Bertz CT molecular complexity index is 4950. The standard InChI is InChI=1S/C87H122N20O22S/c1-9-11-21-66-80(122)96-58(38-72(112)113)78(120)101-64(74(91)116)44-130-45-71(111)93-60(33-48-25-27-51(108)28-26-48)83(125)102(6)47(5)75(117)97-62(37-70(90)110)85(127)106-31-17-24-67(106)81(123)100-63(39-89)79(121)98-59(32-46(3)4)86(128)107-42-52(109)36-69(107)82(124)95-57(34-49-40-92-55-20-15-13-18-53(49)55)77(119)94-56(29-30-88)76(118)99-61(84(126)104(8)68(22-12-10-2)87(129)103(66)7)35-50-41-105(43-73(114)115)65-23-16-14-19-54(50)65/h13-16,18-20,23,25-28,40-41,46-47,52,56-64,66-69,92,108-109H,9-12,17,21-22,24,29-39,42-45,88-89H2,1-8H3,(H2,90,110)(H2,91,116)(H,93,111)(H,94,119)(H,95,124)(H,96,122)(H,97,117)(H,98,121)(H,99,118)(H,100,123)(H,101,120)(H,112,113)(H,114,115)/t47-,52+,56-,57-,58-,59-,60-,61-,62-,63-,64-,66-,67-,68-,69-/m0/s1. The van der Waals surface area contributed by atoms with Gasteiger partial charge in [0.2, 0.25) is 94.5 Å². The first kappa shape index (κ1) is 103. The molecular formula is C87H122N20O22S. The lowest BCUT2D eigenvalue weighted by molar-refractivity contribution is -0.149. The van der Waals surface area contributed by atoms with E-state index in [1.54, 1.807) is 82.4 Å². The van der Waals surface area contributed by atoms with E-state index in [1.807, 2.05) is 0 Å². The second-order valence-electron chi connectivity index (χ2n) is 33.5. The minimum absolute atomic E-state index is 0.0216. The number of aliphatic hydroxyl groups excluding tert-OH is 1. The number of hydrogen-bond acceptors (Lipinski definition) is 23. The summed E-state index contributed by atoms with van der Waals surface area (Å²) in [4.78, 5) is 268. The number of unbranched alkanes of at least 4 members (excludes halogenated alkanes) is 2. The summed E-state index contributed by atoms with van der Waals surface area (Å²) in [6.07, 6.45) is -0.636. The van der Waals surface area contributed by atoms with Crippen molar-refractivity contribution in [3.05, 3.63) is 102 Å². The Morgan fingerprint density at radius 2 is 1.09 bits per heavy atom. The van der Waals surface area contributed by atoms with Gasteiger partial charge < -0.3 is 125 Å². The van der Waals surface area contributed by atoms with Crippen molar-refractivity contribution in [3.63, 3.8) is 0 Å². The molecule has 0 saturated carbocycles. The molecule has 130 heavy (non-hydrogen) atoms. The molecule has 3 saturated heterocycles. The zero-order valence-corrected chi connectivity index (χ0v) is 74.9. The summed E-state index contributed by atoms with van der Waals surface area (Å²) in [5.41, 5.74) is 26.1. The van der Waals surface area contributed by atoms with Crippen LogP contribution in [0.3, 0.4) is 0 Å². The van der Waals surface area contributed by atoms with Gasteiger partial charge in [-0.2, -0.15) is 0 Å². The van der Waals surface area contributed by atoms with Crippen LogP contribution in [0.5, 0.6) is 5.75 Å². The predicted molar refractivity (Wildman–Crippen MR) is 474 cm³/mol. The third-order valence-electron chi connectivity index (χ3n) is 23.3. The van der Waals surface area contributed by atoms with Gasteiger partial charge >= 0.3 is 11.9 Å². The number of aliphatic hydroxyl groups is 1. The number of H-pyrrole nitrogens is 1. The van der Waals surface area contributed by atoms with Gasteiger partial charge in [0.1, 0.15) is 96.9 Å². The summed E-state index contributed by atoms with van der Waals surface area (Å²) in [6.45, 7) is 6.28. The Morgan fingerprint density at radius 3 is 1.73 bits per heavy atom. The molecule has 3 aromatic carbocycles. The summed E-state index contributed by atoms with van der Waals surface area (Å²) < 4.78 is 1.42. The number of phenolic OH excluding ortho intramolecular Hbond substituents is 1. The van der Waals surface area contributed by atoms with E-state index in [4.69, 9.17) is 22.9 Å². The van der Waals surface area contributed by atoms with Crippen LogP contribution in [0.1, 0.15) is 135 Å². The molecular weight excluding hydrogens is 1710 g/mol. The number of rotatable bonds is 24. The quantitative estimate of drug-likeness (QED) is 0.0294. The van der Waals surface area contributed by atoms with Crippen LogP contribution in [0.25, 0.3) is 21.8 Å². The van der Waals surface area contributed by atoms with Crippen molar-refractivity contribution in [2.75, 3.05) is 58.8 Å². The Kier molecular flexibility index (Phi) is 37.9. The molecule has 0 spiro atoms. The predicted octanol–water partition coefficient (Wildman–Crippen LogP) is -2.93. The zero-order chi connectivity index (χ0) is 95.7. The van der Waals surface area contributed by atoms with E-state index in [2.05, 4.69) is 52.8 Å². The van der Waals surface area contributed by atoms with Crippen LogP contribution in [-0.4, -0.2) is 310 Å². The van der Waals surface area contributed by atoms with Crippen LogP contribution < -0.4 is 70.8 Å². The number of carbonyl (C=O) groups excluding carboxylic acids is 16. The maximum Gasteiger partial charge on any atom is 0.323 e. The topological polar surface area (TPSA) is 637 Å². The molecule has 16 amide bonds. The molecule has 5 heterocycles. The number of phenols is 1. The lowest BCUT2D eigenvalue weighted by Crippen LogP contribution is -2.62. The highest BCUT2D eigenvalue weighted by Crippen LogP contribution is 2.29. The number of amides is 16. The number of nitrogens with two attached hydrogens (primary N) is 4. The van der Waals surface area contributed by atoms with Gasteiger partial charge in [0.15, 0.2) is 0 Å². The summed E-state index contributed by atoms with van der Waals surface area (Å²) in [5.74, 6) is -20.3. The molecule has 43 heteroatoms. The molecule has 0 bridgehead atoms. The largest absolute Gasteiger partial charge is 0.508 e. The second-order valence-corrected chi connectivity index (χ2v) is 34.5. The first-order chi connectivity index (χ1) is 61.7. The average molecular weight is 1830 g/mol. The third kappa shape index (κ3) is 27.6. The SMILES string of the molecule is CCCC[C@H]1C(=O)N(C)[C@@H](CCCC)C(=O)N[C@@H](CC(=O)O)C(=O)N[C@H](C(N)=O)CSCC(=O)N[C@@H](Cc2ccc(O)cc2)C(=O)N(C)[C@@H](C)C(=O)N[C@@H](CC(N)=O)C(=O)N2CCC[C@H]2C(=O)N[C@@H](CN)C(=O)N[C@@H](CC(C)C)C(=O)N2C[C@H](O)C[C@H]2C(=O)N[C@@H](Cc2c[nH]c3ccccc23)C(=O)N[C@@H](CCN)C(=O)N[C@@H](Cc2cn(CC(=O)O)c3ccccc23)C(=O)N1C. The number of benzene rings is 3. The molecule has 2 aromatic heterocycles. The minimum atomic E-state index is -1.98. The Balaban J connectivity index is 1.19. The number of carbonyl (C=O) groups is 18. The molecule has 3 aliphatic heterocycles. The number of para-hydroxylation sites is 2.